The van der Waals surface area contributed by atoms with Gasteiger partial charge in [0.25, 0.3) is 0 Å². The largest absolute Gasteiger partial charge is 0.379 e. The van der Waals surface area contributed by atoms with Gasteiger partial charge in [-0.3, -0.25) is 10.00 Å². The highest BCUT2D eigenvalue weighted by Gasteiger charge is 2.11. The summed E-state index contributed by atoms with van der Waals surface area (Å²) in [6.07, 6.45) is 1.75. The molecule has 1 aliphatic heterocycles. The van der Waals surface area contributed by atoms with E-state index in [-0.39, 0.29) is 0 Å². The number of ether oxygens (including phenoxy) is 1. The molecule has 3 aromatic rings. The molecular formula is C18H19N6O. The van der Waals surface area contributed by atoms with E-state index in [0.29, 0.717) is 0 Å². The fourth-order valence-corrected chi connectivity index (χ4v) is 2.80. The molecule has 1 saturated heterocycles. The summed E-state index contributed by atoms with van der Waals surface area (Å²) >= 11 is 0. The zero-order valence-electron chi connectivity index (χ0n) is 13.8. The van der Waals surface area contributed by atoms with Crippen LogP contribution in [0.3, 0.4) is 0 Å². The van der Waals surface area contributed by atoms with E-state index in [1.165, 1.54) is 0 Å². The lowest BCUT2D eigenvalue weighted by atomic mass is 10.1. The van der Waals surface area contributed by atoms with Gasteiger partial charge in [0, 0.05) is 30.9 Å². The molecule has 2 aromatic heterocycles. The van der Waals surface area contributed by atoms with Crippen LogP contribution in [0.5, 0.6) is 0 Å². The molecule has 0 saturated carbocycles. The number of morpholine rings is 1. The second-order valence-electron chi connectivity index (χ2n) is 5.88. The second kappa shape index (κ2) is 7.42. The third-order valence-corrected chi connectivity index (χ3v) is 4.06. The average molecular weight is 335 g/mol. The minimum atomic E-state index is 0.762. The summed E-state index contributed by atoms with van der Waals surface area (Å²) in [5, 5.41) is 13.8. The van der Waals surface area contributed by atoms with E-state index >= 15 is 0 Å². The number of H-pyrrole nitrogens is 1. The lowest BCUT2D eigenvalue weighted by molar-refractivity contribution is 0.0337. The van der Waals surface area contributed by atoms with Gasteiger partial charge in [0.05, 0.1) is 25.1 Å². The molecule has 7 heteroatoms. The normalized spacial score (nSPS) is 15.2. The van der Waals surface area contributed by atoms with E-state index in [9.17, 15) is 0 Å². The van der Waals surface area contributed by atoms with E-state index in [1.54, 1.807) is 6.20 Å². The first-order valence-corrected chi connectivity index (χ1v) is 8.28. The molecule has 0 amide bonds. The maximum absolute atomic E-state index is 5.39. The number of nitrogens with one attached hydrogen (secondary N) is 2. The van der Waals surface area contributed by atoms with Gasteiger partial charge in [-0.05, 0) is 30.3 Å². The zero-order chi connectivity index (χ0) is 16.9. The maximum Gasteiger partial charge on any atom is 0.130 e. The Morgan fingerprint density at radius 3 is 3.00 bits per heavy atom. The van der Waals surface area contributed by atoms with E-state index in [4.69, 9.17) is 9.72 Å². The number of hydrogen-bond acceptors (Lipinski definition) is 6. The highest BCUT2D eigenvalue weighted by molar-refractivity contribution is 5.66. The van der Waals surface area contributed by atoms with Crippen molar-refractivity contribution in [1.82, 2.24) is 25.3 Å². The van der Waals surface area contributed by atoms with Gasteiger partial charge in [-0.15, -0.1) is 5.10 Å². The standard InChI is InChI=1S/C18H19N6O/c1-3-14(17-12-19-23-22-17)11-15(4-1)20-18-6-2-5-16(21-18)13-24-7-9-25-10-8-24/h1-2,4-6,11-12H,7-10,13H2,(H,20,21)(H,19,22,23). The van der Waals surface area contributed by atoms with Crippen LogP contribution >= 0.6 is 0 Å². The minimum absolute atomic E-state index is 0.762. The fourth-order valence-electron chi connectivity index (χ4n) is 2.80. The van der Waals surface area contributed by atoms with E-state index in [2.05, 4.69) is 37.8 Å². The van der Waals surface area contributed by atoms with E-state index in [0.717, 1.165) is 61.3 Å². The molecule has 1 fully saturated rings. The second-order valence-corrected chi connectivity index (χ2v) is 5.88. The predicted octanol–water partition coefficient (Wildman–Crippen LogP) is 2.24. The molecule has 0 bridgehead atoms. The molecule has 1 radical (unpaired) electrons. The fraction of sp³-hybridized carbons (Fsp3) is 0.278. The Bertz CT molecular complexity index is 814. The Balaban J connectivity index is 1.47. The predicted molar refractivity (Wildman–Crippen MR) is 94.3 cm³/mol. The number of benzene rings is 1. The number of hydrogen-bond donors (Lipinski definition) is 2. The molecule has 1 aromatic carbocycles. The first-order chi connectivity index (χ1) is 12.4. The molecule has 0 aliphatic carbocycles. The first kappa shape index (κ1) is 15.7. The van der Waals surface area contributed by atoms with Crippen molar-refractivity contribution >= 4 is 11.5 Å². The van der Waals surface area contributed by atoms with Gasteiger partial charge in [0.2, 0.25) is 0 Å². The van der Waals surface area contributed by atoms with Gasteiger partial charge in [-0.2, -0.15) is 0 Å². The van der Waals surface area contributed by atoms with Crippen LogP contribution in [0.4, 0.5) is 11.5 Å². The Labute approximate surface area is 146 Å². The van der Waals surface area contributed by atoms with Crippen LogP contribution in [-0.4, -0.2) is 51.6 Å². The number of aromatic nitrogens is 4. The lowest BCUT2D eigenvalue weighted by Crippen LogP contribution is -2.35. The van der Waals surface area contributed by atoms with E-state index < -0.39 is 0 Å². The highest BCUT2D eigenvalue weighted by Crippen LogP contribution is 2.22. The maximum atomic E-state index is 5.39. The van der Waals surface area contributed by atoms with Gasteiger partial charge >= 0.3 is 0 Å². The third kappa shape index (κ3) is 4.01. The van der Waals surface area contributed by atoms with E-state index in [1.807, 2.05) is 30.3 Å². The number of aromatic amines is 1. The average Bonchev–Trinajstić information content (AvgIpc) is 3.18. The molecule has 7 nitrogen and oxygen atoms in total. The van der Waals surface area contributed by atoms with Crippen LogP contribution in [0, 0.1) is 6.07 Å². The summed E-state index contributed by atoms with van der Waals surface area (Å²) in [4.78, 5) is 7.07. The first-order valence-electron chi connectivity index (χ1n) is 8.28. The molecule has 25 heavy (non-hydrogen) atoms. The van der Waals surface area contributed by atoms with Crippen LogP contribution < -0.4 is 5.32 Å². The third-order valence-electron chi connectivity index (χ3n) is 4.06. The Kier molecular flexibility index (Phi) is 4.67. The number of pyridine rings is 1. The summed E-state index contributed by atoms with van der Waals surface area (Å²) in [5.41, 5.74) is 3.62. The molecule has 127 valence electrons. The van der Waals surface area contributed by atoms with Gasteiger partial charge in [0.1, 0.15) is 11.5 Å². The van der Waals surface area contributed by atoms with Crippen molar-refractivity contribution in [1.29, 1.82) is 0 Å². The minimum Gasteiger partial charge on any atom is -0.379 e. The Hall–Kier alpha value is -2.77. The molecular weight excluding hydrogens is 316 g/mol. The van der Waals surface area contributed by atoms with Crippen molar-refractivity contribution in [3.63, 3.8) is 0 Å². The molecule has 0 spiro atoms. The van der Waals surface area contributed by atoms with Crippen LogP contribution in [-0.2, 0) is 11.3 Å². The highest BCUT2D eigenvalue weighted by atomic mass is 16.5. The van der Waals surface area contributed by atoms with Gasteiger partial charge in [0.15, 0.2) is 0 Å². The molecule has 3 heterocycles. The Morgan fingerprint density at radius 2 is 2.16 bits per heavy atom. The van der Waals surface area contributed by atoms with Gasteiger partial charge in [-0.1, -0.05) is 17.3 Å². The Morgan fingerprint density at radius 1 is 1.24 bits per heavy atom. The molecule has 1 aliphatic rings. The number of nitrogens with zero attached hydrogens (tertiary/aromatic N) is 4. The van der Waals surface area contributed by atoms with Crippen molar-refractivity contribution in [3.8, 4) is 11.3 Å². The van der Waals surface area contributed by atoms with Crippen molar-refractivity contribution < 1.29 is 4.74 Å². The molecule has 2 N–H and O–H groups in total. The van der Waals surface area contributed by atoms with Crippen LogP contribution in [0.25, 0.3) is 11.3 Å². The van der Waals surface area contributed by atoms with Crippen molar-refractivity contribution in [2.75, 3.05) is 31.6 Å². The van der Waals surface area contributed by atoms with Crippen molar-refractivity contribution in [2.24, 2.45) is 0 Å². The number of anilines is 2. The zero-order valence-corrected chi connectivity index (χ0v) is 13.8. The van der Waals surface area contributed by atoms with Crippen LogP contribution in [0.15, 0.2) is 42.6 Å². The SMILES string of the molecule is [c]1ccc(Nc2cccc(CN3CCOCC3)n2)cc1-c1c[nH]nn1. The summed E-state index contributed by atoms with van der Waals surface area (Å²) in [7, 11) is 0. The molecule has 0 unspecified atom stereocenters. The lowest BCUT2D eigenvalue weighted by Gasteiger charge is -2.26. The smallest absolute Gasteiger partial charge is 0.130 e. The van der Waals surface area contributed by atoms with Gasteiger partial charge < -0.3 is 10.1 Å². The van der Waals surface area contributed by atoms with Gasteiger partial charge in [-0.25, -0.2) is 4.98 Å². The van der Waals surface area contributed by atoms with Crippen LogP contribution in [0.2, 0.25) is 0 Å². The van der Waals surface area contributed by atoms with Crippen molar-refractivity contribution in [2.45, 2.75) is 6.54 Å². The topological polar surface area (TPSA) is 79.0 Å². The summed E-state index contributed by atoms with van der Waals surface area (Å²) in [6, 6.07) is 15.0. The number of rotatable bonds is 5. The quantitative estimate of drug-likeness (QED) is 0.744. The summed E-state index contributed by atoms with van der Waals surface area (Å²) < 4.78 is 5.39. The molecule has 4 rings (SSSR count). The summed E-state index contributed by atoms with van der Waals surface area (Å²) in [6.45, 7) is 4.34. The molecule has 0 atom stereocenters. The monoisotopic (exact) mass is 335 g/mol. The summed E-state index contributed by atoms with van der Waals surface area (Å²) in [5.74, 6) is 0.822. The van der Waals surface area contributed by atoms with Crippen molar-refractivity contribution in [3.05, 3.63) is 54.4 Å². The van der Waals surface area contributed by atoms with Crippen LogP contribution in [0.1, 0.15) is 5.69 Å².